The lowest BCUT2D eigenvalue weighted by Crippen LogP contribution is -2.55. The minimum atomic E-state index is -0.156. The number of aromatic nitrogens is 3. The van der Waals surface area contributed by atoms with E-state index >= 15 is 0 Å². The summed E-state index contributed by atoms with van der Waals surface area (Å²) in [5.41, 5.74) is 8.84. The van der Waals surface area contributed by atoms with Crippen molar-refractivity contribution in [1.29, 1.82) is 0 Å². The summed E-state index contributed by atoms with van der Waals surface area (Å²) in [7, 11) is 0. The van der Waals surface area contributed by atoms with E-state index in [0.29, 0.717) is 23.2 Å². The molecule has 1 aliphatic heterocycles. The van der Waals surface area contributed by atoms with Gasteiger partial charge in [0.25, 0.3) is 6.71 Å². The minimum absolute atomic E-state index is 0.156. The number of benzene rings is 5. The molecule has 48 heavy (non-hydrogen) atoms. The zero-order valence-electron chi connectivity index (χ0n) is 25.9. The maximum absolute atomic E-state index is 7.10. The van der Waals surface area contributed by atoms with Gasteiger partial charge in [0.15, 0.2) is 5.75 Å². The highest BCUT2D eigenvalue weighted by Gasteiger charge is 2.39. The Bertz CT molecular complexity index is 2400. The maximum Gasteiger partial charge on any atom is 0.254 e. The number of para-hydroxylation sites is 2. The van der Waals surface area contributed by atoms with E-state index in [9.17, 15) is 0 Å². The first kappa shape index (κ1) is 27.9. The van der Waals surface area contributed by atoms with Crippen molar-refractivity contribution >= 4 is 34.0 Å². The zero-order chi connectivity index (χ0) is 31.9. The number of fused-ring (bicyclic) bond motifs is 4. The first-order chi connectivity index (χ1) is 23.8. The van der Waals surface area contributed by atoms with Crippen LogP contribution in [0.1, 0.15) is 0 Å². The molecule has 0 saturated carbocycles. The molecule has 0 fully saturated rings. The third-order valence-electron chi connectivity index (χ3n) is 8.84. The van der Waals surface area contributed by atoms with E-state index in [2.05, 4.69) is 95.6 Å². The largest absolute Gasteiger partial charge is 0.439 e. The quantitative estimate of drug-likeness (QED) is 0.177. The summed E-state index contributed by atoms with van der Waals surface area (Å²) in [5, 5.41) is 1.13. The van der Waals surface area contributed by atoms with Crippen molar-refractivity contribution < 1.29 is 9.47 Å². The molecule has 5 nitrogen and oxygen atoms in total. The van der Waals surface area contributed by atoms with Gasteiger partial charge in [-0.05, 0) is 41.2 Å². The van der Waals surface area contributed by atoms with Crippen molar-refractivity contribution in [2.45, 2.75) is 0 Å². The van der Waals surface area contributed by atoms with Crippen molar-refractivity contribution in [2.24, 2.45) is 0 Å². The molecule has 1 aliphatic rings. The number of pyridine rings is 2. The van der Waals surface area contributed by atoms with E-state index < -0.39 is 0 Å². The highest BCUT2D eigenvalue weighted by atomic mass is 16.5. The number of ether oxygens (including phenoxy) is 2. The van der Waals surface area contributed by atoms with Crippen LogP contribution in [0.5, 0.6) is 23.4 Å². The molecule has 0 amide bonds. The molecular weight excluding hydrogens is 589 g/mol. The topological polar surface area (TPSA) is 49.2 Å². The first-order valence-corrected chi connectivity index (χ1v) is 16.0. The summed E-state index contributed by atoms with van der Waals surface area (Å²) >= 11 is 0. The van der Waals surface area contributed by atoms with E-state index in [0.717, 1.165) is 55.7 Å². The molecule has 0 spiro atoms. The molecule has 226 valence electrons. The fourth-order valence-electron chi connectivity index (χ4n) is 6.74. The molecular formula is C42H28BN3O2. The molecule has 4 heterocycles. The summed E-state index contributed by atoms with van der Waals surface area (Å²) in [6.07, 6.45) is 0. The van der Waals surface area contributed by atoms with Gasteiger partial charge in [0.1, 0.15) is 5.69 Å². The summed E-state index contributed by atoms with van der Waals surface area (Å²) in [5.74, 6) is 2.41. The average Bonchev–Trinajstić information content (AvgIpc) is 3.49. The molecule has 0 N–H and O–H groups in total. The molecule has 0 atom stereocenters. The van der Waals surface area contributed by atoms with Crippen LogP contribution in [0.4, 0.5) is 0 Å². The Labute approximate surface area is 278 Å². The van der Waals surface area contributed by atoms with Gasteiger partial charge in [-0.3, -0.25) is 4.57 Å². The highest BCUT2D eigenvalue weighted by Crippen LogP contribution is 2.40. The van der Waals surface area contributed by atoms with Gasteiger partial charge in [-0.25, -0.2) is 9.97 Å². The Hall–Kier alpha value is -6.40. The summed E-state index contributed by atoms with van der Waals surface area (Å²) < 4.78 is 15.8. The fourth-order valence-corrected chi connectivity index (χ4v) is 6.74. The van der Waals surface area contributed by atoms with Crippen molar-refractivity contribution in [3.8, 4) is 51.6 Å². The van der Waals surface area contributed by atoms with Gasteiger partial charge in [0.2, 0.25) is 17.6 Å². The van der Waals surface area contributed by atoms with Gasteiger partial charge in [0.05, 0.1) is 11.2 Å². The Morgan fingerprint density at radius 1 is 0.562 bits per heavy atom. The van der Waals surface area contributed by atoms with Crippen molar-refractivity contribution in [1.82, 2.24) is 14.5 Å². The van der Waals surface area contributed by atoms with Crippen molar-refractivity contribution in [3.05, 3.63) is 170 Å². The summed E-state index contributed by atoms with van der Waals surface area (Å²) in [6.45, 7) is -0.156. The molecule has 6 heteroatoms. The van der Waals surface area contributed by atoms with Crippen LogP contribution >= 0.6 is 0 Å². The Morgan fingerprint density at radius 2 is 1.21 bits per heavy atom. The zero-order valence-corrected chi connectivity index (χ0v) is 25.9. The third kappa shape index (κ3) is 4.82. The Morgan fingerprint density at radius 3 is 1.96 bits per heavy atom. The average molecular weight is 618 g/mol. The van der Waals surface area contributed by atoms with Crippen LogP contribution in [0.2, 0.25) is 0 Å². The van der Waals surface area contributed by atoms with Gasteiger partial charge in [0, 0.05) is 28.3 Å². The molecule has 0 unspecified atom stereocenters. The van der Waals surface area contributed by atoms with Gasteiger partial charge >= 0.3 is 0 Å². The lowest BCUT2D eigenvalue weighted by molar-refractivity contribution is 0.436. The van der Waals surface area contributed by atoms with Gasteiger partial charge in [-0.1, -0.05) is 139 Å². The predicted octanol–water partition coefficient (Wildman–Crippen LogP) is 8.17. The Kier molecular flexibility index (Phi) is 6.83. The van der Waals surface area contributed by atoms with Gasteiger partial charge < -0.3 is 9.47 Å². The van der Waals surface area contributed by atoms with Crippen LogP contribution in [0.3, 0.4) is 0 Å². The van der Waals surface area contributed by atoms with Crippen LogP contribution < -0.4 is 25.9 Å². The highest BCUT2D eigenvalue weighted by molar-refractivity contribution is 6.98. The SMILES string of the molecule is c1ccc(B2c3cc(Oc4cccc(-c5ccccc5)n4)nc(-c4ccccc4)c3Oc3c2c2ccccc2n3-c2ccccc2)cc1. The van der Waals surface area contributed by atoms with E-state index in [1.807, 2.05) is 78.9 Å². The normalized spacial score (nSPS) is 11.9. The van der Waals surface area contributed by atoms with Gasteiger partial charge in [-0.15, -0.1) is 0 Å². The number of rotatable bonds is 6. The maximum atomic E-state index is 7.10. The lowest BCUT2D eigenvalue weighted by Gasteiger charge is -2.28. The minimum Gasteiger partial charge on any atom is -0.439 e. The van der Waals surface area contributed by atoms with Crippen LogP contribution in [-0.2, 0) is 0 Å². The summed E-state index contributed by atoms with van der Waals surface area (Å²) in [4.78, 5) is 9.96. The molecule has 0 saturated heterocycles. The van der Waals surface area contributed by atoms with Crippen molar-refractivity contribution in [3.63, 3.8) is 0 Å². The molecule has 3 aromatic heterocycles. The lowest BCUT2D eigenvalue weighted by atomic mass is 9.36. The standard InChI is InChI=1S/C42H28BN3O2/c1-5-16-29(17-6-1)35-25-15-27-37(44-35)47-38-28-34-41(40(45-38)30-18-7-2-8-19-30)48-42-39(43(34)31-20-9-3-10-21-31)33-24-13-14-26-36(33)46(42)32-22-11-4-12-23-32/h1-28H. The second-order valence-electron chi connectivity index (χ2n) is 11.8. The third-order valence-corrected chi connectivity index (χ3v) is 8.84. The smallest absolute Gasteiger partial charge is 0.254 e. The second-order valence-corrected chi connectivity index (χ2v) is 11.8. The fraction of sp³-hybridized carbons (Fsp3) is 0. The van der Waals surface area contributed by atoms with Crippen LogP contribution in [0.15, 0.2) is 170 Å². The number of nitrogens with zero attached hydrogens (tertiary/aromatic N) is 3. The molecule has 0 bridgehead atoms. The molecule has 0 radical (unpaired) electrons. The first-order valence-electron chi connectivity index (χ1n) is 16.0. The monoisotopic (exact) mass is 617 g/mol. The van der Waals surface area contributed by atoms with E-state index in [-0.39, 0.29) is 6.71 Å². The second kappa shape index (κ2) is 11.8. The van der Waals surface area contributed by atoms with E-state index in [1.165, 1.54) is 0 Å². The van der Waals surface area contributed by atoms with Crippen LogP contribution in [0.25, 0.3) is 39.1 Å². The predicted molar refractivity (Wildman–Crippen MR) is 194 cm³/mol. The van der Waals surface area contributed by atoms with Crippen molar-refractivity contribution in [2.75, 3.05) is 0 Å². The molecule has 0 aliphatic carbocycles. The van der Waals surface area contributed by atoms with Crippen LogP contribution in [0, 0.1) is 0 Å². The Balaban J connectivity index is 1.29. The van der Waals surface area contributed by atoms with Crippen LogP contribution in [-0.4, -0.2) is 21.2 Å². The molecule has 9 rings (SSSR count). The van der Waals surface area contributed by atoms with Gasteiger partial charge in [-0.2, -0.15) is 0 Å². The summed E-state index contributed by atoms with van der Waals surface area (Å²) in [6, 6.07) is 57.6. The molecule has 8 aromatic rings. The molecule has 5 aromatic carbocycles. The number of hydrogen-bond donors (Lipinski definition) is 0. The van der Waals surface area contributed by atoms with E-state index in [4.69, 9.17) is 19.4 Å². The number of hydrogen-bond acceptors (Lipinski definition) is 4. The van der Waals surface area contributed by atoms with E-state index in [1.54, 1.807) is 0 Å².